The van der Waals surface area contributed by atoms with E-state index in [1.54, 1.807) is 19.2 Å². The summed E-state index contributed by atoms with van der Waals surface area (Å²) >= 11 is 0. The number of phenols is 1. The molecule has 0 saturated heterocycles. The zero-order valence-electron chi connectivity index (χ0n) is 12.4. The molecule has 0 radical (unpaired) electrons. The van der Waals surface area contributed by atoms with Gasteiger partial charge in [0.25, 0.3) is 0 Å². The molecule has 0 fully saturated rings. The number of furan rings is 1. The second kappa shape index (κ2) is 6.01. The highest BCUT2D eigenvalue weighted by Crippen LogP contribution is 2.27. The number of ether oxygens (including phenoxy) is 1. The van der Waals surface area contributed by atoms with Crippen LogP contribution in [0, 0.1) is 13.8 Å². The molecule has 20 heavy (non-hydrogen) atoms. The fourth-order valence-electron chi connectivity index (χ4n) is 2.31. The van der Waals surface area contributed by atoms with Gasteiger partial charge >= 0.3 is 0 Å². The molecule has 0 aliphatic carbocycles. The highest BCUT2D eigenvalue weighted by Gasteiger charge is 2.12. The Hall–Kier alpha value is -1.94. The molecule has 4 nitrogen and oxygen atoms in total. The number of hydrogen-bond acceptors (Lipinski definition) is 4. The minimum Gasteiger partial charge on any atom is -0.504 e. The van der Waals surface area contributed by atoms with Crippen molar-refractivity contribution in [3.8, 4) is 11.5 Å². The Kier molecular flexibility index (Phi) is 4.35. The van der Waals surface area contributed by atoms with Crippen LogP contribution in [0.2, 0.25) is 0 Å². The summed E-state index contributed by atoms with van der Waals surface area (Å²) in [4.78, 5) is 0. The van der Waals surface area contributed by atoms with Crippen molar-refractivity contribution in [2.45, 2.75) is 33.4 Å². The van der Waals surface area contributed by atoms with Crippen molar-refractivity contribution < 1.29 is 14.3 Å². The van der Waals surface area contributed by atoms with Gasteiger partial charge in [-0.2, -0.15) is 0 Å². The summed E-state index contributed by atoms with van der Waals surface area (Å²) in [5, 5.41) is 13.2. The molecule has 4 heteroatoms. The first kappa shape index (κ1) is 14.5. The van der Waals surface area contributed by atoms with E-state index in [0.717, 1.165) is 17.1 Å². The Morgan fingerprint density at radius 2 is 2.05 bits per heavy atom. The molecule has 1 unspecified atom stereocenters. The van der Waals surface area contributed by atoms with Gasteiger partial charge in [-0.1, -0.05) is 6.07 Å². The van der Waals surface area contributed by atoms with Gasteiger partial charge in [-0.25, -0.2) is 0 Å². The van der Waals surface area contributed by atoms with Crippen LogP contribution in [0.25, 0.3) is 0 Å². The second-order valence-corrected chi connectivity index (χ2v) is 4.98. The number of rotatable bonds is 5. The lowest BCUT2D eigenvalue weighted by atomic mass is 10.1. The van der Waals surface area contributed by atoms with Crippen molar-refractivity contribution in [3.05, 3.63) is 46.9 Å². The van der Waals surface area contributed by atoms with Gasteiger partial charge in [0.05, 0.1) is 7.11 Å². The Labute approximate surface area is 119 Å². The normalized spacial score (nSPS) is 12.4. The standard InChI is InChI=1S/C16H21NO3/c1-10-7-14(12(3)20-10)11(2)17-9-13-5-6-16(19-4)15(18)8-13/h5-8,11,17-18H,9H2,1-4H3. The van der Waals surface area contributed by atoms with E-state index in [4.69, 9.17) is 9.15 Å². The largest absolute Gasteiger partial charge is 0.504 e. The van der Waals surface area contributed by atoms with Crippen molar-refractivity contribution in [3.63, 3.8) is 0 Å². The Morgan fingerprint density at radius 3 is 2.60 bits per heavy atom. The third-order valence-electron chi connectivity index (χ3n) is 3.40. The molecule has 2 N–H and O–H groups in total. The summed E-state index contributed by atoms with van der Waals surface area (Å²) in [6.45, 7) is 6.69. The van der Waals surface area contributed by atoms with Gasteiger partial charge in [0.1, 0.15) is 11.5 Å². The van der Waals surface area contributed by atoms with Gasteiger partial charge in [0.2, 0.25) is 0 Å². The van der Waals surface area contributed by atoms with E-state index in [2.05, 4.69) is 18.3 Å². The number of benzene rings is 1. The van der Waals surface area contributed by atoms with Crippen LogP contribution in [-0.4, -0.2) is 12.2 Å². The van der Waals surface area contributed by atoms with Crippen LogP contribution in [0.5, 0.6) is 11.5 Å². The average Bonchev–Trinajstić information content (AvgIpc) is 2.75. The molecule has 0 aliphatic heterocycles. The monoisotopic (exact) mass is 275 g/mol. The van der Waals surface area contributed by atoms with Crippen LogP contribution in [-0.2, 0) is 6.54 Å². The fraction of sp³-hybridized carbons (Fsp3) is 0.375. The lowest BCUT2D eigenvalue weighted by Gasteiger charge is -2.14. The van der Waals surface area contributed by atoms with E-state index in [1.165, 1.54) is 5.56 Å². The molecule has 1 aromatic heterocycles. The smallest absolute Gasteiger partial charge is 0.160 e. The average molecular weight is 275 g/mol. The first-order chi connectivity index (χ1) is 9.51. The lowest BCUT2D eigenvalue weighted by molar-refractivity contribution is 0.373. The van der Waals surface area contributed by atoms with E-state index in [0.29, 0.717) is 12.3 Å². The number of nitrogens with one attached hydrogen (secondary N) is 1. The molecule has 1 aromatic carbocycles. The van der Waals surface area contributed by atoms with Crippen LogP contribution in [0.1, 0.15) is 35.6 Å². The maximum absolute atomic E-state index is 9.75. The van der Waals surface area contributed by atoms with Crippen LogP contribution in [0.3, 0.4) is 0 Å². The molecule has 1 heterocycles. The number of aromatic hydroxyl groups is 1. The summed E-state index contributed by atoms with van der Waals surface area (Å²) in [5.41, 5.74) is 2.17. The summed E-state index contributed by atoms with van der Waals surface area (Å²) in [6, 6.07) is 7.66. The Morgan fingerprint density at radius 1 is 1.30 bits per heavy atom. The third-order valence-corrected chi connectivity index (χ3v) is 3.40. The minimum absolute atomic E-state index is 0.162. The molecule has 0 amide bonds. The SMILES string of the molecule is COc1ccc(CNC(C)c2cc(C)oc2C)cc1O. The molecule has 2 rings (SSSR count). The summed E-state index contributed by atoms with van der Waals surface area (Å²) in [7, 11) is 1.54. The van der Waals surface area contributed by atoms with Gasteiger partial charge in [0, 0.05) is 18.2 Å². The fourth-order valence-corrected chi connectivity index (χ4v) is 2.31. The van der Waals surface area contributed by atoms with Crippen LogP contribution in [0.4, 0.5) is 0 Å². The molecular formula is C16H21NO3. The highest BCUT2D eigenvalue weighted by molar-refractivity contribution is 5.41. The molecule has 0 saturated carbocycles. The number of aryl methyl sites for hydroxylation is 2. The molecule has 108 valence electrons. The van der Waals surface area contributed by atoms with Crippen molar-refractivity contribution in [1.82, 2.24) is 5.32 Å². The van der Waals surface area contributed by atoms with Crippen molar-refractivity contribution in [2.75, 3.05) is 7.11 Å². The minimum atomic E-state index is 0.162. The molecule has 0 aliphatic rings. The molecule has 2 aromatic rings. The lowest BCUT2D eigenvalue weighted by Crippen LogP contribution is -2.18. The topological polar surface area (TPSA) is 54.6 Å². The maximum atomic E-state index is 9.75. The van der Waals surface area contributed by atoms with Gasteiger partial charge in [-0.3, -0.25) is 0 Å². The zero-order valence-corrected chi connectivity index (χ0v) is 12.4. The Bertz CT molecular complexity index is 589. The second-order valence-electron chi connectivity index (χ2n) is 4.98. The third kappa shape index (κ3) is 3.14. The molecular weight excluding hydrogens is 254 g/mol. The van der Waals surface area contributed by atoms with Gasteiger partial charge < -0.3 is 19.6 Å². The molecule has 0 spiro atoms. The van der Waals surface area contributed by atoms with E-state index in [9.17, 15) is 5.11 Å². The zero-order chi connectivity index (χ0) is 14.7. The van der Waals surface area contributed by atoms with Crippen LogP contribution in [0.15, 0.2) is 28.7 Å². The Balaban J connectivity index is 2.01. The van der Waals surface area contributed by atoms with E-state index >= 15 is 0 Å². The number of methoxy groups -OCH3 is 1. The van der Waals surface area contributed by atoms with Crippen LogP contribution >= 0.6 is 0 Å². The quantitative estimate of drug-likeness (QED) is 0.877. The van der Waals surface area contributed by atoms with E-state index in [-0.39, 0.29) is 11.8 Å². The first-order valence-electron chi connectivity index (χ1n) is 6.67. The number of hydrogen-bond donors (Lipinski definition) is 2. The summed E-state index contributed by atoms with van der Waals surface area (Å²) in [5.74, 6) is 2.52. The summed E-state index contributed by atoms with van der Waals surface area (Å²) in [6.07, 6.45) is 0. The van der Waals surface area contributed by atoms with Gasteiger partial charge in [-0.15, -0.1) is 0 Å². The predicted molar refractivity (Wildman–Crippen MR) is 78.1 cm³/mol. The maximum Gasteiger partial charge on any atom is 0.160 e. The van der Waals surface area contributed by atoms with Crippen molar-refractivity contribution in [2.24, 2.45) is 0 Å². The van der Waals surface area contributed by atoms with Crippen LogP contribution < -0.4 is 10.1 Å². The van der Waals surface area contributed by atoms with Gasteiger partial charge in [-0.05, 0) is 44.5 Å². The van der Waals surface area contributed by atoms with Crippen molar-refractivity contribution in [1.29, 1.82) is 0 Å². The van der Waals surface area contributed by atoms with Crippen molar-refractivity contribution >= 4 is 0 Å². The first-order valence-corrected chi connectivity index (χ1v) is 6.67. The van der Waals surface area contributed by atoms with E-state index < -0.39 is 0 Å². The highest BCUT2D eigenvalue weighted by atomic mass is 16.5. The predicted octanol–water partition coefficient (Wildman–Crippen LogP) is 3.46. The van der Waals surface area contributed by atoms with Gasteiger partial charge in [0.15, 0.2) is 11.5 Å². The molecule has 0 bridgehead atoms. The van der Waals surface area contributed by atoms with E-state index in [1.807, 2.05) is 19.9 Å². The summed E-state index contributed by atoms with van der Waals surface area (Å²) < 4.78 is 10.6. The number of phenolic OH excluding ortho intramolecular Hbond substituents is 1. The molecule has 1 atom stereocenters.